The smallest absolute Gasteiger partial charge is 0.420 e. The molecule has 7 nitrogen and oxygen atoms in total. The van der Waals surface area contributed by atoms with Gasteiger partial charge in [0.25, 0.3) is 5.88 Å². The van der Waals surface area contributed by atoms with E-state index in [0.717, 1.165) is 25.1 Å². The van der Waals surface area contributed by atoms with E-state index in [1.165, 1.54) is 0 Å². The second-order valence-electron chi connectivity index (χ2n) is 5.01. The predicted octanol–water partition coefficient (Wildman–Crippen LogP) is 2.47. The molecule has 10 heteroatoms. The number of hydrogen-bond donors (Lipinski definition) is 2. The van der Waals surface area contributed by atoms with E-state index in [4.69, 9.17) is 9.84 Å². The summed E-state index contributed by atoms with van der Waals surface area (Å²) in [7, 11) is 0. The van der Waals surface area contributed by atoms with Crippen LogP contribution in [-0.2, 0) is 6.18 Å². The van der Waals surface area contributed by atoms with Crippen LogP contribution in [0.4, 0.5) is 13.2 Å². The first kappa shape index (κ1) is 15.8. The monoisotopic (exact) mass is 338 g/mol. The molecule has 1 aliphatic rings. The largest absolute Gasteiger partial charge is 0.476 e. The fourth-order valence-corrected chi connectivity index (χ4v) is 1.75. The molecule has 2 N–H and O–H groups in total. The molecule has 0 unspecified atom stereocenters. The third kappa shape index (κ3) is 3.45. The van der Waals surface area contributed by atoms with E-state index in [2.05, 4.69) is 27.1 Å². The van der Waals surface area contributed by atoms with Gasteiger partial charge in [0.2, 0.25) is 5.69 Å². The fraction of sp³-hybridized carbons (Fsp3) is 0.286. The Morgan fingerprint density at radius 2 is 2.17 bits per heavy atom. The third-order valence-corrected chi connectivity index (χ3v) is 3.09. The van der Waals surface area contributed by atoms with Crippen molar-refractivity contribution < 1.29 is 27.8 Å². The molecule has 0 bridgehead atoms. The number of aromatic nitrogens is 4. The zero-order valence-electron chi connectivity index (χ0n) is 11.9. The first-order valence-electron chi connectivity index (χ1n) is 6.75. The molecular weight excluding hydrogens is 329 g/mol. The summed E-state index contributed by atoms with van der Waals surface area (Å²) in [6, 6.07) is 0.755. The van der Waals surface area contributed by atoms with Crippen molar-refractivity contribution in [1.82, 2.24) is 20.4 Å². The average molecular weight is 338 g/mol. The molecule has 1 fully saturated rings. The number of pyridine rings is 1. The van der Waals surface area contributed by atoms with Crippen LogP contribution >= 0.6 is 0 Å². The number of nitrogens with one attached hydrogen (secondary N) is 1. The summed E-state index contributed by atoms with van der Waals surface area (Å²) in [5, 5.41) is 17.4. The lowest BCUT2D eigenvalue weighted by molar-refractivity contribution is -0.138. The van der Waals surface area contributed by atoms with E-state index < -0.39 is 35.0 Å². The van der Waals surface area contributed by atoms with Crippen LogP contribution < -0.4 is 4.74 Å². The van der Waals surface area contributed by atoms with Crippen LogP contribution in [0.25, 0.3) is 0 Å². The van der Waals surface area contributed by atoms with Crippen molar-refractivity contribution in [3.05, 3.63) is 29.2 Å². The minimum Gasteiger partial charge on any atom is -0.476 e. The van der Waals surface area contributed by atoms with Gasteiger partial charge in [0.15, 0.2) is 5.75 Å². The summed E-state index contributed by atoms with van der Waals surface area (Å²) in [6.07, 6.45) is -2.03. The number of carboxylic acid groups (broad SMARTS) is 1. The van der Waals surface area contributed by atoms with Gasteiger partial charge < -0.3 is 9.84 Å². The number of ether oxygens (including phenoxy) is 1. The standard InChI is InChI=1S/C14H9F3N4O3/c15-14(16,17)9-5-8(4-3-7-1-2-7)18-6-10(9)24-12-11(13(22)23)19-21-20-12/h5-7H,1-2H2,(H,22,23)(H,19,20,21). The Hall–Kier alpha value is -3.09. The van der Waals surface area contributed by atoms with E-state index in [1.807, 2.05) is 5.10 Å². The minimum absolute atomic E-state index is 0.0415. The molecule has 124 valence electrons. The van der Waals surface area contributed by atoms with Crippen LogP contribution in [-0.4, -0.2) is 31.5 Å². The highest BCUT2D eigenvalue weighted by atomic mass is 19.4. The number of aromatic amines is 1. The molecule has 0 aliphatic heterocycles. The molecule has 24 heavy (non-hydrogen) atoms. The van der Waals surface area contributed by atoms with E-state index >= 15 is 0 Å². The van der Waals surface area contributed by atoms with E-state index in [-0.39, 0.29) is 11.6 Å². The van der Waals surface area contributed by atoms with Gasteiger partial charge in [-0.3, -0.25) is 0 Å². The van der Waals surface area contributed by atoms with E-state index in [0.29, 0.717) is 0 Å². The van der Waals surface area contributed by atoms with Crippen molar-refractivity contribution >= 4 is 5.97 Å². The van der Waals surface area contributed by atoms with Crippen LogP contribution in [0.3, 0.4) is 0 Å². The number of aromatic carboxylic acids is 1. The molecular formula is C14H9F3N4O3. The van der Waals surface area contributed by atoms with Gasteiger partial charge in [-0.25, -0.2) is 14.9 Å². The lowest BCUT2D eigenvalue weighted by atomic mass is 10.2. The molecule has 2 aromatic rings. The molecule has 0 radical (unpaired) electrons. The quantitative estimate of drug-likeness (QED) is 0.834. The molecule has 1 saturated carbocycles. The number of carboxylic acids is 1. The van der Waals surface area contributed by atoms with Crippen molar-refractivity contribution in [3.63, 3.8) is 0 Å². The van der Waals surface area contributed by atoms with Crippen molar-refractivity contribution in [3.8, 4) is 23.5 Å². The maximum Gasteiger partial charge on any atom is 0.420 e. The third-order valence-electron chi connectivity index (χ3n) is 3.09. The summed E-state index contributed by atoms with van der Waals surface area (Å²) >= 11 is 0. The molecule has 2 aromatic heterocycles. The minimum atomic E-state index is -4.73. The van der Waals surface area contributed by atoms with Crippen LogP contribution in [0.2, 0.25) is 0 Å². The highest BCUT2D eigenvalue weighted by molar-refractivity contribution is 5.87. The van der Waals surface area contributed by atoms with Gasteiger partial charge >= 0.3 is 12.1 Å². The van der Waals surface area contributed by atoms with Crippen LogP contribution in [0.1, 0.15) is 34.6 Å². The molecule has 1 aliphatic carbocycles. The maximum absolute atomic E-state index is 13.2. The molecule has 0 atom stereocenters. The number of alkyl halides is 3. The maximum atomic E-state index is 13.2. The zero-order chi connectivity index (χ0) is 17.3. The summed E-state index contributed by atoms with van der Waals surface area (Å²) in [4.78, 5) is 14.7. The summed E-state index contributed by atoms with van der Waals surface area (Å²) in [5.41, 5.74) is -1.74. The molecule has 0 saturated heterocycles. The normalized spacial score (nSPS) is 14.0. The Bertz CT molecular complexity index is 847. The highest BCUT2D eigenvalue weighted by Crippen LogP contribution is 2.38. The highest BCUT2D eigenvalue weighted by Gasteiger charge is 2.36. The van der Waals surface area contributed by atoms with Crippen molar-refractivity contribution in [1.29, 1.82) is 0 Å². The number of nitrogens with zero attached hydrogens (tertiary/aromatic N) is 3. The fourth-order valence-electron chi connectivity index (χ4n) is 1.75. The second-order valence-corrected chi connectivity index (χ2v) is 5.01. The number of H-pyrrole nitrogens is 1. The molecule has 2 heterocycles. The Morgan fingerprint density at radius 3 is 2.79 bits per heavy atom. The van der Waals surface area contributed by atoms with Gasteiger partial charge in [0.05, 0.1) is 6.20 Å². The van der Waals surface area contributed by atoms with Gasteiger partial charge in [-0.1, -0.05) is 16.2 Å². The van der Waals surface area contributed by atoms with Crippen molar-refractivity contribution in [2.45, 2.75) is 19.0 Å². The van der Waals surface area contributed by atoms with Gasteiger partial charge in [0, 0.05) is 5.92 Å². The van der Waals surface area contributed by atoms with Crippen LogP contribution in [0, 0.1) is 17.8 Å². The zero-order valence-corrected chi connectivity index (χ0v) is 11.9. The number of halogens is 3. The Morgan fingerprint density at radius 1 is 1.42 bits per heavy atom. The molecule has 0 aromatic carbocycles. The number of hydrogen-bond acceptors (Lipinski definition) is 5. The van der Waals surface area contributed by atoms with Crippen molar-refractivity contribution in [2.75, 3.05) is 0 Å². The van der Waals surface area contributed by atoms with Crippen LogP contribution in [0.15, 0.2) is 12.3 Å². The van der Waals surface area contributed by atoms with Gasteiger partial charge in [-0.15, -0.1) is 0 Å². The summed E-state index contributed by atoms with van der Waals surface area (Å²) in [5.74, 6) is 2.87. The average Bonchev–Trinajstić information content (AvgIpc) is 3.22. The van der Waals surface area contributed by atoms with E-state index in [1.54, 1.807) is 0 Å². The SMILES string of the molecule is O=C(O)c1[nH]nnc1Oc1cnc(C#CC2CC2)cc1C(F)(F)F. The van der Waals surface area contributed by atoms with E-state index in [9.17, 15) is 18.0 Å². The van der Waals surface area contributed by atoms with Crippen molar-refractivity contribution in [2.24, 2.45) is 5.92 Å². The summed E-state index contributed by atoms with van der Waals surface area (Å²) in [6.45, 7) is 0. The number of carbonyl (C=O) groups is 1. The molecule has 3 rings (SSSR count). The second kappa shape index (κ2) is 5.84. The van der Waals surface area contributed by atoms with Gasteiger partial charge in [0.1, 0.15) is 11.3 Å². The van der Waals surface area contributed by atoms with Crippen LogP contribution in [0.5, 0.6) is 11.6 Å². The van der Waals surface area contributed by atoms with Gasteiger partial charge in [-0.2, -0.15) is 13.2 Å². The Balaban J connectivity index is 1.96. The Kier molecular flexibility index (Phi) is 3.84. The number of rotatable bonds is 3. The molecule has 0 amide bonds. The topological polar surface area (TPSA) is 101 Å². The first-order valence-corrected chi connectivity index (χ1v) is 6.75. The first-order chi connectivity index (χ1) is 11.3. The summed E-state index contributed by atoms with van der Waals surface area (Å²) < 4.78 is 44.6. The lowest BCUT2D eigenvalue weighted by Crippen LogP contribution is -2.09. The molecule has 0 spiro atoms. The van der Waals surface area contributed by atoms with Gasteiger partial charge in [-0.05, 0) is 24.8 Å². The Labute approximate surface area is 132 Å². The predicted molar refractivity (Wildman–Crippen MR) is 72.3 cm³/mol. The lowest BCUT2D eigenvalue weighted by Gasteiger charge is -2.12.